The first-order chi connectivity index (χ1) is 8.15. The van der Waals surface area contributed by atoms with Crippen molar-refractivity contribution in [1.29, 1.82) is 0 Å². The average molecular weight is 244 g/mol. The van der Waals surface area contributed by atoms with Crippen LogP contribution in [0, 0.1) is 6.92 Å². The third kappa shape index (κ3) is 1.78. The molecular formula is C12H12N4S. The number of thiazole rings is 1. The van der Waals surface area contributed by atoms with Crippen molar-refractivity contribution in [3.63, 3.8) is 0 Å². The van der Waals surface area contributed by atoms with Gasteiger partial charge in [-0.25, -0.2) is 15.0 Å². The van der Waals surface area contributed by atoms with Gasteiger partial charge in [0.15, 0.2) is 5.82 Å². The minimum atomic E-state index is 0.901. The predicted molar refractivity (Wildman–Crippen MR) is 70.2 cm³/mol. The van der Waals surface area contributed by atoms with Gasteiger partial charge in [-0.15, -0.1) is 11.3 Å². The molecule has 0 amide bonds. The molecule has 0 spiro atoms. The second-order valence-corrected chi connectivity index (χ2v) is 5.27. The van der Waals surface area contributed by atoms with Gasteiger partial charge in [0.25, 0.3) is 0 Å². The Labute approximate surface area is 104 Å². The molecule has 0 bridgehead atoms. The lowest BCUT2D eigenvalue weighted by Gasteiger charge is -2.03. The van der Waals surface area contributed by atoms with Gasteiger partial charge in [-0.3, -0.25) is 5.43 Å². The number of pyridine rings is 1. The summed E-state index contributed by atoms with van der Waals surface area (Å²) in [6.45, 7) is 7.74. The zero-order chi connectivity index (χ0) is 12.0. The molecule has 0 saturated heterocycles. The van der Waals surface area contributed by atoms with E-state index in [0.717, 1.165) is 32.7 Å². The van der Waals surface area contributed by atoms with Crippen LogP contribution in [-0.2, 0) is 0 Å². The van der Waals surface area contributed by atoms with E-state index in [4.69, 9.17) is 0 Å². The van der Waals surface area contributed by atoms with Gasteiger partial charge in [0, 0.05) is 23.7 Å². The van der Waals surface area contributed by atoms with E-state index in [0.29, 0.717) is 0 Å². The number of allylic oxidation sites excluding steroid dienone is 1. The third-order valence-electron chi connectivity index (χ3n) is 2.46. The fourth-order valence-corrected chi connectivity index (χ4v) is 2.43. The topological polar surface area (TPSA) is 40.8 Å². The Balaban J connectivity index is 1.88. The number of fused-ring (bicyclic) bond motifs is 1. The molecule has 0 fully saturated rings. The maximum atomic E-state index is 4.39. The molecule has 0 atom stereocenters. The zero-order valence-corrected chi connectivity index (χ0v) is 10.5. The number of nitrogens with one attached hydrogen (secondary N) is 1. The van der Waals surface area contributed by atoms with Crippen LogP contribution < -0.4 is 10.4 Å². The fraction of sp³-hybridized carbons (Fsp3) is 0.167. The molecule has 0 radical (unpaired) electrons. The summed E-state index contributed by atoms with van der Waals surface area (Å²) in [5, 5.41) is 3.00. The summed E-state index contributed by atoms with van der Waals surface area (Å²) in [5.74, 6) is 0.970. The molecule has 1 aliphatic heterocycles. The average Bonchev–Trinajstić information content (AvgIpc) is 2.76. The maximum Gasteiger partial charge on any atom is 0.178 e. The van der Waals surface area contributed by atoms with Crippen molar-refractivity contribution in [3.8, 4) is 10.4 Å². The Morgan fingerprint density at radius 2 is 2.24 bits per heavy atom. The van der Waals surface area contributed by atoms with Crippen LogP contribution in [0.5, 0.6) is 0 Å². The Bertz CT molecular complexity index is 602. The van der Waals surface area contributed by atoms with Gasteiger partial charge in [-0.1, -0.05) is 6.58 Å². The minimum Gasteiger partial charge on any atom is -0.297 e. The van der Waals surface area contributed by atoms with Gasteiger partial charge in [0.2, 0.25) is 0 Å². The Kier molecular flexibility index (Phi) is 2.16. The summed E-state index contributed by atoms with van der Waals surface area (Å²) in [4.78, 5) is 9.80. The van der Waals surface area contributed by atoms with Crippen LogP contribution in [0.3, 0.4) is 0 Å². The number of hydrazine groups is 1. The van der Waals surface area contributed by atoms with E-state index in [1.807, 2.05) is 31.3 Å². The number of hydrogen-bond acceptors (Lipinski definition) is 5. The van der Waals surface area contributed by atoms with Crippen LogP contribution in [-0.4, -0.2) is 9.97 Å². The lowest BCUT2D eigenvalue weighted by atomic mass is 10.2. The van der Waals surface area contributed by atoms with Gasteiger partial charge in [-0.05, 0) is 19.9 Å². The first-order valence-corrected chi connectivity index (χ1v) is 6.12. The van der Waals surface area contributed by atoms with Crippen LogP contribution in [0.2, 0.25) is 0 Å². The van der Waals surface area contributed by atoms with Gasteiger partial charge < -0.3 is 0 Å². The summed E-state index contributed by atoms with van der Waals surface area (Å²) >= 11 is 1.68. The second kappa shape index (κ2) is 3.56. The quantitative estimate of drug-likeness (QED) is 0.843. The molecule has 0 saturated carbocycles. The Morgan fingerprint density at radius 1 is 1.41 bits per heavy atom. The molecule has 0 aromatic carbocycles. The van der Waals surface area contributed by atoms with E-state index >= 15 is 0 Å². The van der Waals surface area contributed by atoms with Crippen molar-refractivity contribution in [2.24, 2.45) is 0 Å². The normalized spacial score (nSPS) is 12.2. The fourth-order valence-electron chi connectivity index (χ4n) is 1.67. The molecule has 3 heterocycles. The number of rotatable bonds is 3. The van der Waals surface area contributed by atoms with Crippen LogP contribution in [0.4, 0.5) is 11.5 Å². The maximum absolute atomic E-state index is 4.39. The van der Waals surface area contributed by atoms with E-state index in [-0.39, 0.29) is 0 Å². The molecule has 1 N–H and O–H groups in total. The predicted octanol–water partition coefficient (Wildman–Crippen LogP) is 3.00. The summed E-state index contributed by atoms with van der Waals surface area (Å²) in [6.07, 6.45) is 3.77. The minimum absolute atomic E-state index is 0.901. The van der Waals surface area contributed by atoms with Crippen LogP contribution >= 0.6 is 11.3 Å². The van der Waals surface area contributed by atoms with Gasteiger partial charge in [0.05, 0.1) is 9.88 Å². The lowest BCUT2D eigenvalue weighted by molar-refractivity contribution is 0.889. The van der Waals surface area contributed by atoms with Crippen LogP contribution in [0.25, 0.3) is 10.4 Å². The lowest BCUT2D eigenvalue weighted by Crippen LogP contribution is -2.20. The van der Waals surface area contributed by atoms with E-state index in [2.05, 4.69) is 28.0 Å². The number of anilines is 2. The van der Waals surface area contributed by atoms with Crippen LogP contribution in [0.1, 0.15) is 11.9 Å². The first-order valence-electron chi connectivity index (χ1n) is 5.30. The molecule has 1 aliphatic rings. The Hall–Kier alpha value is -1.88. The summed E-state index contributed by atoms with van der Waals surface area (Å²) < 4.78 is 0. The van der Waals surface area contributed by atoms with E-state index in [9.17, 15) is 0 Å². The van der Waals surface area contributed by atoms with Crippen molar-refractivity contribution in [2.45, 2.75) is 13.8 Å². The third-order valence-corrected chi connectivity index (χ3v) is 3.42. The molecule has 17 heavy (non-hydrogen) atoms. The molecular weight excluding hydrogens is 232 g/mol. The standard InChI is InChI=1S/C12H12N4S/c1-7(2)15-16-10-4-9(5-14-12(10)16)11-6-13-8(3)17-11/h4-6,15H,1H2,2-3H3. The van der Waals surface area contributed by atoms with Gasteiger partial charge in [0.1, 0.15) is 5.69 Å². The van der Waals surface area contributed by atoms with E-state index < -0.39 is 0 Å². The molecule has 86 valence electrons. The molecule has 2 aromatic rings. The molecule has 0 aliphatic carbocycles. The zero-order valence-electron chi connectivity index (χ0n) is 9.69. The molecule has 3 rings (SSSR count). The highest BCUT2D eigenvalue weighted by molar-refractivity contribution is 7.15. The van der Waals surface area contributed by atoms with Gasteiger partial charge in [-0.2, -0.15) is 0 Å². The largest absolute Gasteiger partial charge is 0.297 e. The number of nitrogens with zero attached hydrogens (tertiary/aromatic N) is 3. The van der Waals surface area contributed by atoms with E-state index in [1.165, 1.54) is 0 Å². The van der Waals surface area contributed by atoms with Gasteiger partial charge >= 0.3 is 0 Å². The summed E-state index contributed by atoms with van der Waals surface area (Å²) in [5.41, 5.74) is 6.25. The highest BCUT2D eigenvalue weighted by Gasteiger charge is 2.31. The molecule has 5 heteroatoms. The number of aryl methyl sites for hydroxylation is 1. The van der Waals surface area contributed by atoms with Crippen molar-refractivity contribution < 1.29 is 0 Å². The number of aromatic nitrogens is 2. The second-order valence-electron chi connectivity index (χ2n) is 4.04. The smallest absolute Gasteiger partial charge is 0.178 e. The van der Waals surface area contributed by atoms with E-state index in [1.54, 1.807) is 11.3 Å². The molecule has 2 aromatic heterocycles. The van der Waals surface area contributed by atoms with Crippen LogP contribution in [0.15, 0.2) is 30.7 Å². The summed E-state index contributed by atoms with van der Waals surface area (Å²) in [7, 11) is 0. The molecule has 0 unspecified atom stereocenters. The highest BCUT2D eigenvalue weighted by atomic mass is 32.1. The van der Waals surface area contributed by atoms with Crippen molar-refractivity contribution in [3.05, 3.63) is 35.7 Å². The molecule has 4 nitrogen and oxygen atoms in total. The highest BCUT2D eigenvalue weighted by Crippen LogP contribution is 2.46. The summed E-state index contributed by atoms with van der Waals surface area (Å²) in [6, 6.07) is 2.12. The van der Waals surface area contributed by atoms with Crippen molar-refractivity contribution in [1.82, 2.24) is 15.4 Å². The first kappa shape index (κ1) is 10.3. The van der Waals surface area contributed by atoms with Crippen molar-refractivity contribution >= 4 is 22.8 Å². The van der Waals surface area contributed by atoms with Crippen molar-refractivity contribution in [2.75, 3.05) is 5.01 Å². The monoisotopic (exact) mass is 244 g/mol. The number of hydrogen-bond donors (Lipinski definition) is 1. The Morgan fingerprint density at radius 3 is 2.88 bits per heavy atom. The SMILES string of the molecule is C=C(C)NN1c2cc(-c3cnc(C)s3)cnc21.